The van der Waals surface area contributed by atoms with E-state index in [1.165, 1.54) is 0 Å². The number of nitrogen functional groups attached to an aromatic ring is 1. The maximum atomic E-state index is 12.2. The van der Waals surface area contributed by atoms with E-state index in [2.05, 4.69) is 11.0 Å². The molecule has 2 rings (SSSR count). The summed E-state index contributed by atoms with van der Waals surface area (Å²) in [5.41, 5.74) is 7.18. The number of carbonyl (C=O) groups is 1. The third-order valence-electron chi connectivity index (χ3n) is 3.92. The van der Waals surface area contributed by atoms with Crippen LogP contribution in [0, 0.1) is 11.3 Å². The van der Waals surface area contributed by atoms with E-state index in [1.54, 1.807) is 24.1 Å². The molecule has 1 aliphatic heterocycles. The molecule has 124 valence electrons. The number of hydrogen-bond donors (Lipinski definition) is 1. The van der Waals surface area contributed by atoms with Crippen LogP contribution >= 0.6 is 0 Å². The molecule has 2 N–H and O–H groups in total. The van der Waals surface area contributed by atoms with Crippen molar-refractivity contribution in [3.8, 4) is 6.07 Å². The van der Waals surface area contributed by atoms with Gasteiger partial charge in [0.25, 0.3) is 0 Å². The Morgan fingerprint density at radius 2 is 2.17 bits per heavy atom. The van der Waals surface area contributed by atoms with Crippen LogP contribution < -0.4 is 10.6 Å². The van der Waals surface area contributed by atoms with Crippen LogP contribution in [0.25, 0.3) is 0 Å². The lowest BCUT2D eigenvalue weighted by Crippen LogP contribution is -2.42. The number of nitrogens with zero attached hydrogens (tertiary/aromatic N) is 3. The largest absolute Gasteiger partial charge is 0.444 e. The second-order valence-electron chi connectivity index (χ2n) is 6.86. The highest BCUT2D eigenvalue weighted by molar-refractivity contribution is 5.69. The van der Waals surface area contributed by atoms with Gasteiger partial charge < -0.3 is 20.3 Å². The predicted molar refractivity (Wildman–Crippen MR) is 90.2 cm³/mol. The highest BCUT2D eigenvalue weighted by atomic mass is 16.6. The van der Waals surface area contributed by atoms with Crippen LogP contribution in [-0.2, 0) is 4.74 Å². The van der Waals surface area contributed by atoms with E-state index in [9.17, 15) is 4.79 Å². The highest BCUT2D eigenvalue weighted by Crippen LogP contribution is 2.26. The molecule has 0 saturated carbocycles. The Hall–Kier alpha value is -2.42. The van der Waals surface area contributed by atoms with Crippen molar-refractivity contribution in [2.45, 2.75) is 38.8 Å². The Balaban J connectivity index is 2.04. The molecule has 1 fully saturated rings. The minimum Gasteiger partial charge on any atom is -0.444 e. The number of rotatable bonds is 2. The monoisotopic (exact) mass is 316 g/mol. The molecule has 23 heavy (non-hydrogen) atoms. The smallest absolute Gasteiger partial charge is 0.410 e. The predicted octanol–water partition coefficient (Wildman–Crippen LogP) is 2.59. The third-order valence-corrected chi connectivity index (χ3v) is 3.92. The number of likely N-dealkylation sites (N-methyl/N-ethyl adjacent to an activating group) is 1. The topological polar surface area (TPSA) is 82.6 Å². The summed E-state index contributed by atoms with van der Waals surface area (Å²) in [5, 5.41) is 9.09. The summed E-state index contributed by atoms with van der Waals surface area (Å²) in [5.74, 6) is 0. The minimum atomic E-state index is -0.498. The average molecular weight is 316 g/mol. The highest BCUT2D eigenvalue weighted by Gasteiger charge is 2.31. The van der Waals surface area contributed by atoms with Crippen molar-refractivity contribution in [1.29, 1.82) is 5.26 Å². The fourth-order valence-electron chi connectivity index (χ4n) is 2.61. The molecule has 0 unspecified atom stereocenters. The Kier molecular flexibility index (Phi) is 4.69. The number of amides is 1. The van der Waals surface area contributed by atoms with E-state index in [0.717, 1.165) is 18.7 Å². The summed E-state index contributed by atoms with van der Waals surface area (Å²) in [6, 6.07) is 7.65. The van der Waals surface area contributed by atoms with Crippen molar-refractivity contribution in [3.63, 3.8) is 0 Å². The fraction of sp³-hybridized carbons (Fsp3) is 0.529. The summed E-state index contributed by atoms with van der Waals surface area (Å²) in [6.45, 7) is 7.11. The lowest BCUT2D eigenvalue weighted by molar-refractivity contribution is 0.0238. The molecule has 1 atom stereocenters. The first kappa shape index (κ1) is 16.9. The number of anilines is 2. The Morgan fingerprint density at radius 3 is 2.78 bits per heavy atom. The third kappa shape index (κ3) is 4.07. The molecule has 0 aromatic heterocycles. The molecule has 6 heteroatoms. The number of benzene rings is 1. The summed E-state index contributed by atoms with van der Waals surface area (Å²) in [6.07, 6.45) is 0.557. The van der Waals surface area contributed by atoms with Crippen molar-refractivity contribution in [3.05, 3.63) is 23.8 Å². The quantitative estimate of drug-likeness (QED) is 0.848. The molecule has 1 saturated heterocycles. The van der Waals surface area contributed by atoms with Gasteiger partial charge in [0.15, 0.2) is 0 Å². The second-order valence-corrected chi connectivity index (χ2v) is 6.86. The van der Waals surface area contributed by atoms with Crippen LogP contribution in [0.2, 0.25) is 0 Å². The zero-order chi connectivity index (χ0) is 17.2. The zero-order valence-corrected chi connectivity index (χ0v) is 14.2. The van der Waals surface area contributed by atoms with Gasteiger partial charge in [-0.15, -0.1) is 0 Å². The number of ether oxygens (including phenoxy) is 1. The van der Waals surface area contributed by atoms with Crippen LogP contribution in [0.3, 0.4) is 0 Å². The molecule has 0 spiro atoms. The molecule has 6 nitrogen and oxygen atoms in total. The molecule has 1 aromatic carbocycles. The van der Waals surface area contributed by atoms with E-state index in [1.807, 2.05) is 26.8 Å². The number of hydrogen-bond acceptors (Lipinski definition) is 5. The zero-order valence-electron chi connectivity index (χ0n) is 14.2. The summed E-state index contributed by atoms with van der Waals surface area (Å²) < 4.78 is 5.41. The van der Waals surface area contributed by atoms with E-state index in [4.69, 9.17) is 15.7 Å². The molecule has 0 bridgehead atoms. The van der Waals surface area contributed by atoms with E-state index < -0.39 is 5.60 Å². The van der Waals surface area contributed by atoms with Gasteiger partial charge in [0, 0.05) is 31.5 Å². The van der Waals surface area contributed by atoms with Crippen molar-refractivity contribution >= 4 is 17.5 Å². The summed E-state index contributed by atoms with van der Waals surface area (Å²) in [4.78, 5) is 16.0. The molecular weight excluding hydrogens is 292 g/mol. The van der Waals surface area contributed by atoms with E-state index in [0.29, 0.717) is 17.8 Å². The van der Waals surface area contributed by atoms with Gasteiger partial charge >= 0.3 is 6.09 Å². The molecule has 0 aliphatic carbocycles. The minimum absolute atomic E-state index is 0.0907. The molecule has 0 radical (unpaired) electrons. The Morgan fingerprint density at radius 1 is 1.48 bits per heavy atom. The molecular formula is C17H24N4O2. The molecule has 1 amide bonds. The van der Waals surface area contributed by atoms with Crippen LogP contribution in [0.1, 0.15) is 32.8 Å². The Bertz CT molecular complexity index is 630. The first-order valence-corrected chi connectivity index (χ1v) is 7.71. The normalized spacial score (nSPS) is 17.7. The van der Waals surface area contributed by atoms with Gasteiger partial charge in [-0.05, 0) is 45.4 Å². The summed E-state index contributed by atoms with van der Waals surface area (Å²) >= 11 is 0. The van der Waals surface area contributed by atoms with Gasteiger partial charge in [0.2, 0.25) is 0 Å². The van der Waals surface area contributed by atoms with Crippen LogP contribution in [0.15, 0.2) is 18.2 Å². The van der Waals surface area contributed by atoms with Gasteiger partial charge in [0.1, 0.15) is 11.7 Å². The fourth-order valence-corrected chi connectivity index (χ4v) is 2.61. The summed E-state index contributed by atoms with van der Waals surface area (Å²) in [7, 11) is 1.77. The maximum Gasteiger partial charge on any atom is 0.410 e. The van der Waals surface area contributed by atoms with Gasteiger partial charge in [-0.3, -0.25) is 0 Å². The second kappa shape index (κ2) is 6.37. The van der Waals surface area contributed by atoms with Crippen LogP contribution in [0.5, 0.6) is 0 Å². The van der Waals surface area contributed by atoms with Crippen molar-refractivity contribution in [2.24, 2.45) is 0 Å². The number of carbonyl (C=O) groups excluding carboxylic acids is 1. The SMILES string of the molecule is CN(C(=O)OC(C)(C)C)[C@H]1CCN(c2ccc(N)c(C#N)c2)C1. The number of nitrogens with two attached hydrogens (primary N) is 1. The number of nitriles is 1. The lowest BCUT2D eigenvalue weighted by atomic mass is 10.1. The standard InChI is InChI=1S/C17H24N4O2/c1-17(2,3)23-16(22)20(4)14-7-8-21(11-14)13-5-6-15(19)12(9-13)10-18/h5-6,9,14H,7-8,11,19H2,1-4H3/t14-/m0/s1. The van der Waals surface area contributed by atoms with E-state index in [-0.39, 0.29) is 12.1 Å². The van der Waals surface area contributed by atoms with Gasteiger partial charge in [-0.1, -0.05) is 0 Å². The molecule has 1 aliphatic rings. The van der Waals surface area contributed by atoms with E-state index >= 15 is 0 Å². The van der Waals surface area contributed by atoms with Crippen LogP contribution in [0.4, 0.5) is 16.2 Å². The first-order chi connectivity index (χ1) is 10.7. The first-order valence-electron chi connectivity index (χ1n) is 7.71. The average Bonchev–Trinajstić information content (AvgIpc) is 2.95. The van der Waals surface area contributed by atoms with Crippen LogP contribution in [-0.4, -0.2) is 42.8 Å². The Labute approximate surface area is 137 Å². The maximum absolute atomic E-state index is 12.2. The van der Waals surface area contributed by atoms with Gasteiger partial charge in [0.05, 0.1) is 11.6 Å². The van der Waals surface area contributed by atoms with Gasteiger partial charge in [-0.2, -0.15) is 5.26 Å². The van der Waals surface area contributed by atoms with Crippen molar-refractivity contribution in [1.82, 2.24) is 4.90 Å². The lowest BCUT2D eigenvalue weighted by Gasteiger charge is -2.28. The molecule has 1 aromatic rings. The van der Waals surface area contributed by atoms with Crippen molar-refractivity contribution in [2.75, 3.05) is 30.8 Å². The van der Waals surface area contributed by atoms with Crippen molar-refractivity contribution < 1.29 is 9.53 Å². The molecule has 1 heterocycles. The van der Waals surface area contributed by atoms with Gasteiger partial charge in [-0.25, -0.2) is 4.79 Å².